The molecule has 1 atom stereocenters. The van der Waals surface area contributed by atoms with Crippen LogP contribution in [0.1, 0.15) is 65.7 Å². The third kappa shape index (κ3) is 6.39. The van der Waals surface area contributed by atoms with E-state index in [-0.39, 0.29) is 5.91 Å². The minimum atomic E-state index is 0.220. The normalized spacial score (nSPS) is 26.1. The third-order valence-electron chi connectivity index (χ3n) is 3.90. The molecule has 0 heterocycles. The fourth-order valence-corrected chi connectivity index (χ4v) is 2.93. The third-order valence-corrected chi connectivity index (χ3v) is 3.90. The second-order valence-corrected chi connectivity index (χ2v) is 6.42. The Morgan fingerprint density at radius 1 is 1.22 bits per heavy atom. The van der Waals surface area contributed by atoms with Crippen LogP contribution in [0, 0.1) is 11.8 Å². The van der Waals surface area contributed by atoms with Crippen molar-refractivity contribution >= 4 is 5.91 Å². The standard InChI is InChI=1S/C15H30N2O/c1-11(2)10-12(3)17-15(18)9-6-13-4-7-14(16)8-5-13/h11-14H,4-10,16H2,1-3H3,(H,17,18). The number of carbonyl (C=O) groups is 1. The summed E-state index contributed by atoms with van der Waals surface area (Å²) in [4.78, 5) is 11.8. The SMILES string of the molecule is CC(C)CC(C)NC(=O)CCC1CCC(N)CC1. The Morgan fingerprint density at radius 2 is 1.83 bits per heavy atom. The molecule has 1 saturated carbocycles. The summed E-state index contributed by atoms with van der Waals surface area (Å²) in [5.74, 6) is 1.58. The van der Waals surface area contributed by atoms with Gasteiger partial charge in [0.1, 0.15) is 0 Å². The van der Waals surface area contributed by atoms with E-state index in [1.54, 1.807) is 0 Å². The Bertz CT molecular complexity index is 245. The van der Waals surface area contributed by atoms with Crippen LogP contribution in [0.5, 0.6) is 0 Å². The molecule has 0 aliphatic heterocycles. The number of hydrogen-bond acceptors (Lipinski definition) is 2. The van der Waals surface area contributed by atoms with Crippen LogP contribution in [0.3, 0.4) is 0 Å². The number of amides is 1. The molecule has 0 bridgehead atoms. The Morgan fingerprint density at radius 3 is 2.39 bits per heavy atom. The second kappa shape index (κ2) is 7.78. The van der Waals surface area contributed by atoms with Crippen molar-refractivity contribution in [3.05, 3.63) is 0 Å². The predicted molar refractivity (Wildman–Crippen MR) is 76.2 cm³/mol. The fourth-order valence-electron chi connectivity index (χ4n) is 2.93. The predicted octanol–water partition coefficient (Wildman–Crippen LogP) is 2.83. The van der Waals surface area contributed by atoms with Crippen LogP contribution in [0.15, 0.2) is 0 Å². The maximum absolute atomic E-state index is 11.8. The van der Waals surface area contributed by atoms with Gasteiger partial charge in [0.15, 0.2) is 0 Å². The average molecular weight is 254 g/mol. The minimum Gasteiger partial charge on any atom is -0.354 e. The van der Waals surface area contributed by atoms with E-state index in [0.717, 1.165) is 31.6 Å². The van der Waals surface area contributed by atoms with Gasteiger partial charge in [-0.1, -0.05) is 13.8 Å². The lowest BCUT2D eigenvalue weighted by Gasteiger charge is -2.26. The van der Waals surface area contributed by atoms with Crippen molar-refractivity contribution in [3.8, 4) is 0 Å². The van der Waals surface area contributed by atoms with Gasteiger partial charge in [-0.15, -0.1) is 0 Å². The fraction of sp³-hybridized carbons (Fsp3) is 0.933. The first-order chi connectivity index (χ1) is 8.47. The van der Waals surface area contributed by atoms with Crippen molar-refractivity contribution < 1.29 is 4.79 Å². The van der Waals surface area contributed by atoms with Crippen molar-refractivity contribution in [2.24, 2.45) is 17.6 Å². The molecule has 1 fully saturated rings. The van der Waals surface area contributed by atoms with E-state index in [4.69, 9.17) is 5.73 Å². The van der Waals surface area contributed by atoms with E-state index in [9.17, 15) is 4.79 Å². The van der Waals surface area contributed by atoms with Gasteiger partial charge < -0.3 is 11.1 Å². The Hall–Kier alpha value is -0.570. The number of nitrogens with one attached hydrogen (secondary N) is 1. The van der Waals surface area contributed by atoms with Gasteiger partial charge in [0.2, 0.25) is 5.91 Å². The lowest BCUT2D eigenvalue weighted by Crippen LogP contribution is -2.34. The highest BCUT2D eigenvalue weighted by molar-refractivity contribution is 5.76. The summed E-state index contributed by atoms with van der Waals surface area (Å²) in [5.41, 5.74) is 5.89. The van der Waals surface area contributed by atoms with Gasteiger partial charge in [-0.2, -0.15) is 0 Å². The molecule has 0 saturated heterocycles. The summed E-state index contributed by atoms with van der Waals surface area (Å²) in [6.07, 6.45) is 7.46. The topological polar surface area (TPSA) is 55.1 Å². The van der Waals surface area contributed by atoms with Crippen LogP contribution in [-0.4, -0.2) is 18.0 Å². The molecule has 1 amide bonds. The first-order valence-corrected chi connectivity index (χ1v) is 7.52. The molecular formula is C15H30N2O. The molecule has 0 aromatic heterocycles. The molecule has 3 nitrogen and oxygen atoms in total. The molecule has 1 unspecified atom stereocenters. The van der Waals surface area contributed by atoms with Gasteiger partial charge in [-0.05, 0) is 57.3 Å². The molecule has 0 spiro atoms. The maximum atomic E-state index is 11.8. The van der Waals surface area contributed by atoms with E-state index >= 15 is 0 Å². The van der Waals surface area contributed by atoms with Crippen LogP contribution < -0.4 is 11.1 Å². The highest BCUT2D eigenvalue weighted by Gasteiger charge is 2.19. The van der Waals surface area contributed by atoms with Crippen LogP contribution in [0.25, 0.3) is 0 Å². The quantitative estimate of drug-likeness (QED) is 0.766. The zero-order chi connectivity index (χ0) is 13.5. The molecule has 1 rings (SSSR count). The van der Waals surface area contributed by atoms with Crippen LogP contribution in [0.4, 0.5) is 0 Å². The van der Waals surface area contributed by atoms with Gasteiger partial charge in [0.05, 0.1) is 0 Å². The highest BCUT2D eigenvalue weighted by Crippen LogP contribution is 2.26. The molecule has 1 aliphatic carbocycles. The average Bonchev–Trinajstić information content (AvgIpc) is 2.27. The number of rotatable bonds is 6. The Kier molecular flexibility index (Phi) is 6.69. The largest absolute Gasteiger partial charge is 0.354 e. The Labute approximate surface area is 112 Å². The summed E-state index contributed by atoms with van der Waals surface area (Å²) in [6, 6.07) is 0.707. The number of hydrogen-bond donors (Lipinski definition) is 2. The second-order valence-electron chi connectivity index (χ2n) is 6.42. The van der Waals surface area contributed by atoms with E-state index in [1.807, 2.05) is 0 Å². The van der Waals surface area contributed by atoms with Crippen LogP contribution in [-0.2, 0) is 4.79 Å². The lowest BCUT2D eigenvalue weighted by molar-refractivity contribution is -0.122. The first-order valence-electron chi connectivity index (χ1n) is 7.52. The minimum absolute atomic E-state index is 0.220. The van der Waals surface area contributed by atoms with Crippen molar-refractivity contribution in [3.63, 3.8) is 0 Å². The van der Waals surface area contributed by atoms with Crippen LogP contribution in [0.2, 0.25) is 0 Å². The molecule has 106 valence electrons. The summed E-state index contributed by atoms with van der Waals surface area (Å²) >= 11 is 0. The van der Waals surface area contributed by atoms with E-state index in [2.05, 4.69) is 26.1 Å². The van der Waals surface area contributed by atoms with Crippen molar-refractivity contribution in [1.82, 2.24) is 5.32 Å². The molecule has 1 aliphatic rings. The van der Waals surface area contributed by atoms with Gasteiger partial charge in [0, 0.05) is 18.5 Å². The zero-order valence-electron chi connectivity index (χ0n) is 12.2. The summed E-state index contributed by atoms with van der Waals surface area (Å²) in [7, 11) is 0. The summed E-state index contributed by atoms with van der Waals surface area (Å²) in [5, 5.41) is 3.10. The maximum Gasteiger partial charge on any atom is 0.220 e. The summed E-state index contributed by atoms with van der Waals surface area (Å²) < 4.78 is 0. The van der Waals surface area contributed by atoms with Gasteiger partial charge in [-0.3, -0.25) is 4.79 Å². The molecule has 3 N–H and O–H groups in total. The monoisotopic (exact) mass is 254 g/mol. The van der Waals surface area contributed by atoms with E-state index in [1.165, 1.54) is 12.8 Å². The summed E-state index contributed by atoms with van der Waals surface area (Å²) in [6.45, 7) is 6.47. The molecule has 0 radical (unpaired) electrons. The lowest BCUT2D eigenvalue weighted by atomic mass is 9.84. The van der Waals surface area contributed by atoms with Gasteiger partial charge >= 0.3 is 0 Å². The van der Waals surface area contributed by atoms with Gasteiger partial charge in [0.25, 0.3) is 0 Å². The zero-order valence-corrected chi connectivity index (χ0v) is 12.2. The first kappa shape index (κ1) is 15.5. The Balaban J connectivity index is 2.13. The van der Waals surface area contributed by atoms with Crippen molar-refractivity contribution in [2.75, 3.05) is 0 Å². The highest BCUT2D eigenvalue weighted by atomic mass is 16.1. The molecule has 0 aromatic carbocycles. The smallest absolute Gasteiger partial charge is 0.220 e. The number of nitrogens with two attached hydrogens (primary N) is 1. The van der Waals surface area contributed by atoms with Crippen molar-refractivity contribution in [1.29, 1.82) is 0 Å². The van der Waals surface area contributed by atoms with E-state index in [0.29, 0.717) is 24.4 Å². The molecule has 0 aromatic rings. The number of carbonyl (C=O) groups excluding carboxylic acids is 1. The van der Waals surface area contributed by atoms with Crippen molar-refractivity contribution in [2.45, 2.75) is 77.8 Å². The molecule has 18 heavy (non-hydrogen) atoms. The molecular weight excluding hydrogens is 224 g/mol. The van der Waals surface area contributed by atoms with Crippen LogP contribution >= 0.6 is 0 Å². The van der Waals surface area contributed by atoms with E-state index < -0.39 is 0 Å². The van der Waals surface area contributed by atoms with Gasteiger partial charge in [-0.25, -0.2) is 0 Å². The molecule has 3 heteroatoms.